The summed E-state index contributed by atoms with van der Waals surface area (Å²) in [5, 5.41) is 2.80. The Morgan fingerprint density at radius 1 is 0.462 bits per heavy atom. The highest BCUT2D eigenvalue weighted by Crippen LogP contribution is 2.13. The van der Waals surface area contributed by atoms with Gasteiger partial charge in [-0.3, -0.25) is 0 Å². The summed E-state index contributed by atoms with van der Waals surface area (Å²) in [6.45, 7) is 14.4. The van der Waals surface area contributed by atoms with Crippen molar-refractivity contribution in [2.75, 3.05) is 0 Å². The minimum Gasteiger partial charge on any atom is -0.336 e. The van der Waals surface area contributed by atoms with Crippen molar-refractivity contribution in [1.82, 2.24) is 18.6 Å². The minimum atomic E-state index is -2.33. The fourth-order valence-corrected chi connectivity index (χ4v) is 31.7. The largest absolute Gasteiger partial charge is 0.336 e. The molecule has 0 unspecified atom stereocenters. The Hall–Kier alpha value is -0.852. The molecular formula is C18H32N4Si4. The van der Waals surface area contributed by atoms with Crippen LogP contribution in [0, 0.1) is 0 Å². The van der Waals surface area contributed by atoms with Gasteiger partial charge in [0.25, 0.3) is 8.40 Å². The maximum Gasteiger partial charge on any atom is 0.256 e. The second kappa shape index (κ2) is 6.95. The van der Waals surface area contributed by atoms with Crippen LogP contribution in [0.4, 0.5) is 0 Å². The van der Waals surface area contributed by atoms with Crippen molar-refractivity contribution in [1.29, 1.82) is 0 Å². The van der Waals surface area contributed by atoms with Crippen LogP contribution in [0.3, 0.4) is 0 Å². The number of nitrogens with one attached hydrogen (secondary N) is 4. The van der Waals surface area contributed by atoms with Gasteiger partial charge in [-0.1, -0.05) is 60.7 Å². The van der Waals surface area contributed by atoms with E-state index in [1.807, 2.05) is 0 Å². The third kappa shape index (κ3) is 4.34. The number of hydrogen-bond acceptors (Lipinski definition) is 4. The van der Waals surface area contributed by atoms with Crippen LogP contribution in [0.15, 0.2) is 60.7 Å². The highest BCUT2D eigenvalue weighted by atomic mass is 28.5. The van der Waals surface area contributed by atoms with Gasteiger partial charge in [0, 0.05) is 0 Å². The normalized spacial score (nSPS) is 23.6. The van der Waals surface area contributed by atoms with Gasteiger partial charge in [0.05, 0.1) is 0 Å². The standard InChI is InChI=1S/C18H32N4Si4/c1-23(2)19-24(3,4)21-26(22-25(5,6)20-23,17-13-9-7-10-14-17)18-15-11-8-12-16-18/h7-16,19-22H,1-6H3. The maximum absolute atomic E-state index is 4.24. The lowest BCUT2D eigenvalue weighted by atomic mass is 10.4. The van der Waals surface area contributed by atoms with Crippen molar-refractivity contribution in [3.05, 3.63) is 60.7 Å². The molecule has 0 aliphatic carbocycles. The van der Waals surface area contributed by atoms with Crippen molar-refractivity contribution in [3.8, 4) is 0 Å². The van der Waals surface area contributed by atoms with E-state index in [4.69, 9.17) is 0 Å². The van der Waals surface area contributed by atoms with E-state index >= 15 is 0 Å². The lowest BCUT2D eigenvalue weighted by molar-refractivity contribution is 1.05. The van der Waals surface area contributed by atoms with Crippen LogP contribution in [-0.2, 0) is 0 Å². The van der Waals surface area contributed by atoms with Crippen LogP contribution in [0.25, 0.3) is 0 Å². The summed E-state index contributed by atoms with van der Waals surface area (Å²) in [6.07, 6.45) is 0. The molecule has 2 aromatic rings. The molecule has 2 aromatic carbocycles. The molecule has 4 N–H and O–H groups in total. The molecule has 0 bridgehead atoms. The molecule has 8 heteroatoms. The van der Waals surface area contributed by atoms with Gasteiger partial charge in [0.1, 0.15) is 0 Å². The molecule has 0 saturated carbocycles. The topological polar surface area (TPSA) is 48.1 Å². The van der Waals surface area contributed by atoms with E-state index in [2.05, 4.69) is 119 Å². The van der Waals surface area contributed by atoms with Crippen LogP contribution in [0.1, 0.15) is 0 Å². The first-order valence-corrected chi connectivity index (χ1v) is 20.3. The summed E-state index contributed by atoms with van der Waals surface area (Å²) in [4.78, 5) is 0. The molecule has 0 atom stereocenters. The van der Waals surface area contributed by atoms with Gasteiger partial charge in [-0.15, -0.1) is 0 Å². The predicted molar refractivity (Wildman–Crippen MR) is 123 cm³/mol. The van der Waals surface area contributed by atoms with Gasteiger partial charge in [-0.05, 0) is 49.7 Å². The van der Waals surface area contributed by atoms with Gasteiger partial charge in [-0.25, -0.2) is 0 Å². The average molecular weight is 417 g/mol. The number of benzene rings is 2. The second-order valence-corrected chi connectivity index (χ2v) is 25.3. The lowest BCUT2D eigenvalue weighted by Gasteiger charge is -2.51. The molecule has 1 aliphatic heterocycles. The summed E-state index contributed by atoms with van der Waals surface area (Å²) in [7, 11) is -7.72. The predicted octanol–water partition coefficient (Wildman–Crippen LogP) is 1.72. The highest BCUT2D eigenvalue weighted by Gasteiger charge is 2.51. The first-order valence-electron chi connectivity index (χ1n) is 9.32. The van der Waals surface area contributed by atoms with E-state index < -0.39 is 33.6 Å². The first-order chi connectivity index (χ1) is 12.0. The van der Waals surface area contributed by atoms with E-state index in [1.54, 1.807) is 0 Å². The Kier molecular flexibility index (Phi) is 5.32. The molecule has 1 saturated heterocycles. The molecular weight excluding hydrogens is 385 g/mol. The van der Waals surface area contributed by atoms with Crippen LogP contribution in [-0.4, -0.2) is 33.6 Å². The highest BCUT2D eigenvalue weighted by molar-refractivity contribution is 7.13. The fraction of sp³-hybridized carbons (Fsp3) is 0.333. The van der Waals surface area contributed by atoms with E-state index in [0.717, 1.165) is 0 Å². The minimum absolute atomic E-state index is 1.40. The van der Waals surface area contributed by atoms with Crippen molar-refractivity contribution in [3.63, 3.8) is 0 Å². The summed E-state index contributed by atoms with van der Waals surface area (Å²) < 4.78 is 16.6. The monoisotopic (exact) mass is 416 g/mol. The lowest BCUT2D eigenvalue weighted by Crippen LogP contribution is -2.94. The van der Waals surface area contributed by atoms with Crippen LogP contribution in [0.2, 0.25) is 39.3 Å². The molecule has 0 aromatic heterocycles. The van der Waals surface area contributed by atoms with E-state index in [1.165, 1.54) is 10.4 Å². The third-order valence-corrected chi connectivity index (χ3v) is 25.1. The van der Waals surface area contributed by atoms with Crippen molar-refractivity contribution in [2.45, 2.75) is 39.3 Å². The molecule has 1 aliphatic rings. The molecule has 1 heterocycles. The Balaban J connectivity index is 2.21. The van der Waals surface area contributed by atoms with Gasteiger partial charge in [0.15, 0.2) is 25.2 Å². The second-order valence-electron chi connectivity index (χ2n) is 8.86. The summed E-state index contributed by atoms with van der Waals surface area (Å²) in [6, 6.07) is 22.0. The molecule has 1 fully saturated rings. The first kappa shape index (κ1) is 19.9. The molecule has 3 rings (SSSR count). The molecule has 0 spiro atoms. The Labute approximate surface area is 162 Å². The SMILES string of the molecule is C[Si]1(C)N[Si](C)(C)N[Si](c2ccccc2)(c2ccccc2)N[Si](C)(C)N1. The summed E-state index contributed by atoms with van der Waals surface area (Å²) in [5.41, 5.74) is 0. The molecule has 140 valence electrons. The zero-order chi connectivity index (χ0) is 19.1. The third-order valence-electron chi connectivity index (χ3n) is 4.66. The maximum atomic E-state index is 4.24. The number of rotatable bonds is 2. The number of hydrogen-bond donors (Lipinski definition) is 4. The quantitative estimate of drug-likeness (QED) is 0.563. The summed E-state index contributed by atoms with van der Waals surface area (Å²) >= 11 is 0. The smallest absolute Gasteiger partial charge is 0.256 e. The van der Waals surface area contributed by atoms with Crippen LogP contribution >= 0.6 is 0 Å². The summed E-state index contributed by atoms with van der Waals surface area (Å²) in [5.74, 6) is 0. The van der Waals surface area contributed by atoms with E-state index in [9.17, 15) is 0 Å². The van der Waals surface area contributed by atoms with Gasteiger partial charge >= 0.3 is 0 Å². The van der Waals surface area contributed by atoms with Crippen molar-refractivity contribution >= 4 is 44.0 Å². The average Bonchev–Trinajstić information content (AvgIpc) is 2.52. The van der Waals surface area contributed by atoms with Gasteiger partial charge in [0.2, 0.25) is 0 Å². The van der Waals surface area contributed by atoms with Crippen molar-refractivity contribution in [2.24, 2.45) is 0 Å². The molecule has 0 amide bonds. The van der Waals surface area contributed by atoms with Gasteiger partial charge in [-0.2, -0.15) is 0 Å². The van der Waals surface area contributed by atoms with Crippen molar-refractivity contribution < 1.29 is 0 Å². The Morgan fingerprint density at radius 2 is 0.769 bits per heavy atom. The zero-order valence-electron chi connectivity index (χ0n) is 16.8. The van der Waals surface area contributed by atoms with E-state index in [-0.39, 0.29) is 0 Å². The van der Waals surface area contributed by atoms with Crippen LogP contribution < -0.4 is 29.0 Å². The van der Waals surface area contributed by atoms with E-state index in [0.29, 0.717) is 0 Å². The molecule has 4 nitrogen and oxygen atoms in total. The zero-order valence-corrected chi connectivity index (χ0v) is 20.8. The Morgan fingerprint density at radius 3 is 1.12 bits per heavy atom. The van der Waals surface area contributed by atoms with Crippen LogP contribution in [0.5, 0.6) is 0 Å². The molecule has 26 heavy (non-hydrogen) atoms. The fourth-order valence-electron chi connectivity index (χ4n) is 4.46. The van der Waals surface area contributed by atoms with Gasteiger partial charge < -0.3 is 18.6 Å². The Bertz CT molecular complexity index is 687. The molecule has 0 radical (unpaired) electrons.